The first kappa shape index (κ1) is 13.2. The number of nitrogens with two attached hydrogens (primary N) is 1. The van der Waals surface area contributed by atoms with E-state index in [1.54, 1.807) is 23.5 Å². The summed E-state index contributed by atoms with van der Waals surface area (Å²) in [6.07, 6.45) is 0.758. The Morgan fingerprint density at radius 2 is 2.00 bits per heavy atom. The monoisotopic (exact) mass is 377 g/mol. The number of benzene rings is 1. The number of thiophene rings is 1. The molecule has 2 rings (SSSR count). The van der Waals surface area contributed by atoms with E-state index < -0.39 is 0 Å². The maximum absolute atomic E-state index is 13.1. The van der Waals surface area contributed by atoms with Gasteiger partial charge < -0.3 is 5.73 Å². The zero-order valence-corrected chi connectivity index (χ0v) is 12.8. The molecule has 0 amide bonds. The van der Waals surface area contributed by atoms with Crippen LogP contribution in [-0.4, -0.2) is 0 Å². The third kappa shape index (κ3) is 3.37. The van der Waals surface area contributed by atoms with Gasteiger partial charge in [-0.25, -0.2) is 4.39 Å². The fourth-order valence-corrected chi connectivity index (χ4v) is 3.48. The maximum atomic E-state index is 13.1. The summed E-state index contributed by atoms with van der Waals surface area (Å²) in [7, 11) is 0. The lowest BCUT2D eigenvalue weighted by Crippen LogP contribution is -2.12. The van der Waals surface area contributed by atoms with Gasteiger partial charge in [-0.1, -0.05) is 6.07 Å². The Labute approximate surface area is 120 Å². The minimum atomic E-state index is -0.264. The Morgan fingerprint density at radius 3 is 2.59 bits per heavy atom. The van der Waals surface area contributed by atoms with Crippen molar-refractivity contribution < 1.29 is 4.39 Å². The molecule has 1 heterocycles. The van der Waals surface area contributed by atoms with Gasteiger partial charge in [-0.05, 0) is 61.7 Å². The summed E-state index contributed by atoms with van der Waals surface area (Å²) in [6.45, 7) is 0. The van der Waals surface area contributed by atoms with Crippen LogP contribution in [0, 0.1) is 5.82 Å². The molecule has 0 radical (unpaired) electrons. The predicted octanol–water partition coefficient (Wildman–Crippen LogP) is 4.65. The quantitative estimate of drug-likeness (QED) is 0.826. The molecule has 1 nitrogen and oxygen atoms in total. The lowest BCUT2D eigenvalue weighted by atomic mass is 10.0. The average Bonchev–Trinajstić information content (AvgIpc) is 2.68. The van der Waals surface area contributed by atoms with E-state index in [1.165, 1.54) is 10.9 Å². The van der Waals surface area contributed by atoms with Crippen LogP contribution in [-0.2, 0) is 6.42 Å². The Hall–Kier alpha value is -0.230. The molecule has 0 saturated carbocycles. The highest BCUT2D eigenvalue weighted by Gasteiger charge is 2.10. The summed E-state index contributed by atoms with van der Waals surface area (Å²) in [4.78, 5) is 1.21. The molecule has 2 aromatic rings. The second-order valence-electron chi connectivity index (χ2n) is 3.69. The molecule has 0 saturated heterocycles. The van der Waals surface area contributed by atoms with Crippen LogP contribution in [0.15, 0.2) is 38.6 Å². The zero-order chi connectivity index (χ0) is 12.4. The molecule has 0 fully saturated rings. The van der Waals surface area contributed by atoms with Crippen molar-refractivity contribution in [3.8, 4) is 0 Å². The minimum absolute atomic E-state index is 0.113. The van der Waals surface area contributed by atoms with Crippen LogP contribution in [0.2, 0.25) is 0 Å². The van der Waals surface area contributed by atoms with Crippen molar-refractivity contribution in [1.29, 1.82) is 0 Å². The molecule has 0 spiro atoms. The third-order valence-corrected chi connectivity index (χ3v) is 4.68. The van der Waals surface area contributed by atoms with Gasteiger partial charge in [0.05, 0.1) is 8.26 Å². The molecule has 90 valence electrons. The van der Waals surface area contributed by atoms with Crippen LogP contribution < -0.4 is 5.73 Å². The highest BCUT2D eigenvalue weighted by molar-refractivity contribution is 9.11. The summed E-state index contributed by atoms with van der Waals surface area (Å²) in [5.41, 5.74) is 7.04. The molecule has 2 N–H and O–H groups in total. The van der Waals surface area contributed by atoms with E-state index in [-0.39, 0.29) is 11.9 Å². The van der Waals surface area contributed by atoms with Crippen LogP contribution in [0.1, 0.15) is 16.5 Å². The molecule has 5 heteroatoms. The minimum Gasteiger partial charge on any atom is -0.324 e. The van der Waals surface area contributed by atoms with E-state index in [1.807, 2.05) is 12.1 Å². The third-order valence-electron chi connectivity index (χ3n) is 2.42. The van der Waals surface area contributed by atoms with Crippen molar-refractivity contribution in [1.82, 2.24) is 0 Å². The number of halogens is 3. The van der Waals surface area contributed by atoms with Gasteiger partial charge in [0.15, 0.2) is 0 Å². The predicted molar refractivity (Wildman–Crippen MR) is 76.8 cm³/mol. The van der Waals surface area contributed by atoms with Crippen molar-refractivity contribution in [3.05, 3.63) is 54.8 Å². The van der Waals surface area contributed by atoms with E-state index in [0.29, 0.717) is 4.47 Å². The Kier molecular flexibility index (Phi) is 4.36. The summed E-state index contributed by atoms with van der Waals surface area (Å²) in [5, 5.41) is 0. The lowest BCUT2D eigenvalue weighted by Gasteiger charge is -2.11. The SMILES string of the molecule is NC(Cc1ccc(Br)s1)c1ccc(F)c(Br)c1. The standard InChI is InChI=1S/C12H10Br2FNS/c13-9-5-7(1-3-10(9)15)11(16)6-8-2-4-12(14)17-8/h1-5,11H,6,16H2. The van der Waals surface area contributed by atoms with Crippen LogP contribution in [0.4, 0.5) is 4.39 Å². The number of hydrogen-bond donors (Lipinski definition) is 1. The second-order valence-corrected chi connectivity index (χ2v) is 7.09. The molecule has 0 bridgehead atoms. The van der Waals surface area contributed by atoms with Crippen LogP contribution in [0.25, 0.3) is 0 Å². The van der Waals surface area contributed by atoms with Gasteiger partial charge in [-0.15, -0.1) is 11.3 Å². The molecular formula is C12H10Br2FNS. The van der Waals surface area contributed by atoms with E-state index >= 15 is 0 Å². The van der Waals surface area contributed by atoms with E-state index in [0.717, 1.165) is 15.8 Å². The topological polar surface area (TPSA) is 26.0 Å². The first-order chi connectivity index (χ1) is 8.06. The molecule has 0 aliphatic heterocycles. The smallest absolute Gasteiger partial charge is 0.137 e. The Bertz CT molecular complexity index is 527. The number of hydrogen-bond acceptors (Lipinski definition) is 2. The summed E-state index contributed by atoms with van der Waals surface area (Å²) in [6, 6.07) is 8.85. The van der Waals surface area contributed by atoms with Crippen molar-refractivity contribution >= 4 is 43.2 Å². The summed E-state index contributed by atoms with van der Waals surface area (Å²) >= 11 is 8.26. The van der Waals surface area contributed by atoms with Gasteiger partial charge in [-0.3, -0.25) is 0 Å². The van der Waals surface area contributed by atoms with Crippen LogP contribution in [0.3, 0.4) is 0 Å². The summed E-state index contributed by atoms with van der Waals surface area (Å²) < 4.78 is 14.7. The van der Waals surface area contributed by atoms with Gasteiger partial charge in [0, 0.05) is 17.3 Å². The fourth-order valence-electron chi connectivity index (χ4n) is 1.54. The van der Waals surface area contributed by atoms with Crippen molar-refractivity contribution in [3.63, 3.8) is 0 Å². The lowest BCUT2D eigenvalue weighted by molar-refractivity contribution is 0.617. The first-order valence-electron chi connectivity index (χ1n) is 5.01. The zero-order valence-electron chi connectivity index (χ0n) is 8.79. The van der Waals surface area contributed by atoms with Gasteiger partial charge in [0.1, 0.15) is 5.82 Å². The molecule has 1 aromatic heterocycles. The highest BCUT2D eigenvalue weighted by atomic mass is 79.9. The first-order valence-corrected chi connectivity index (χ1v) is 7.41. The van der Waals surface area contributed by atoms with E-state index in [4.69, 9.17) is 5.73 Å². The average molecular weight is 379 g/mol. The van der Waals surface area contributed by atoms with Crippen LogP contribution >= 0.6 is 43.2 Å². The molecular weight excluding hydrogens is 369 g/mol. The van der Waals surface area contributed by atoms with Crippen molar-refractivity contribution in [2.75, 3.05) is 0 Å². The van der Waals surface area contributed by atoms with Gasteiger partial charge in [-0.2, -0.15) is 0 Å². The van der Waals surface area contributed by atoms with Crippen molar-refractivity contribution in [2.24, 2.45) is 5.73 Å². The highest BCUT2D eigenvalue weighted by Crippen LogP contribution is 2.27. The normalized spacial score (nSPS) is 12.7. The molecule has 0 aliphatic carbocycles. The van der Waals surface area contributed by atoms with Gasteiger partial charge in [0.2, 0.25) is 0 Å². The van der Waals surface area contributed by atoms with E-state index in [2.05, 4.69) is 31.9 Å². The molecule has 1 aromatic carbocycles. The van der Waals surface area contributed by atoms with E-state index in [9.17, 15) is 4.39 Å². The largest absolute Gasteiger partial charge is 0.324 e. The van der Waals surface area contributed by atoms with Crippen LogP contribution in [0.5, 0.6) is 0 Å². The Morgan fingerprint density at radius 1 is 1.24 bits per heavy atom. The number of rotatable bonds is 3. The van der Waals surface area contributed by atoms with Gasteiger partial charge in [0.25, 0.3) is 0 Å². The van der Waals surface area contributed by atoms with Gasteiger partial charge >= 0.3 is 0 Å². The maximum Gasteiger partial charge on any atom is 0.137 e. The molecule has 1 unspecified atom stereocenters. The second kappa shape index (κ2) is 5.61. The Balaban J connectivity index is 2.14. The molecule has 1 atom stereocenters. The fraction of sp³-hybridized carbons (Fsp3) is 0.167. The molecule has 0 aliphatic rings. The van der Waals surface area contributed by atoms with Crippen molar-refractivity contribution in [2.45, 2.75) is 12.5 Å². The molecule has 17 heavy (non-hydrogen) atoms. The summed E-state index contributed by atoms with van der Waals surface area (Å²) in [5.74, 6) is -0.264.